The van der Waals surface area contributed by atoms with E-state index in [1.807, 2.05) is 18.2 Å². The minimum absolute atomic E-state index is 0.941. The highest BCUT2D eigenvalue weighted by Crippen LogP contribution is 2.07. The van der Waals surface area contributed by atoms with E-state index in [9.17, 15) is 0 Å². The van der Waals surface area contributed by atoms with E-state index in [1.165, 1.54) is 16.4 Å². The summed E-state index contributed by atoms with van der Waals surface area (Å²) in [5.41, 5.74) is 1.30. The molecule has 0 bridgehead atoms. The maximum absolute atomic E-state index is 4.75. The molecule has 1 aromatic carbocycles. The second kappa shape index (κ2) is 3.85. The third-order valence-electron chi connectivity index (χ3n) is 1.07. The van der Waals surface area contributed by atoms with Crippen LogP contribution in [0.25, 0.3) is 0 Å². The predicted molar refractivity (Wildman–Crippen MR) is 45.1 cm³/mol. The Labute approximate surface area is 64.5 Å². The molecule has 0 aliphatic carbocycles. The zero-order valence-corrected chi connectivity index (χ0v) is 6.54. The molecule has 1 aromatic rings. The highest BCUT2D eigenvalue weighted by atomic mass is 33.1. The first-order valence-corrected chi connectivity index (χ1v) is 4.63. The number of benzene rings is 1. The van der Waals surface area contributed by atoms with E-state index >= 15 is 0 Å². The van der Waals surface area contributed by atoms with Gasteiger partial charge < -0.3 is 22.5 Å². The van der Waals surface area contributed by atoms with Gasteiger partial charge in [0, 0.05) is 0 Å². The molecule has 48 valence electrons. The van der Waals surface area contributed by atoms with E-state index < -0.39 is 0 Å². The maximum Gasteiger partial charge on any atom is -0.00532 e. The molecule has 1 rings (SSSR count). The molecule has 0 unspecified atom stereocenters. The largest absolute Gasteiger partial charge is 0.719 e. The van der Waals surface area contributed by atoms with Gasteiger partial charge in [0.25, 0.3) is 0 Å². The highest BCUT2D eigenvalue weighted by molar-refractivity contribution is 8.58. The lowest BCUT2D eigenvalue weighted by molar-refractivity contribution is 1.43. The van der Waals surface area contributed by atoms with Gasteiger partial charge >= 0.3 is 0 Å². The lowest BCUT2D eigenvalue weighted by Gasteiger charge is -2.02. The van der Waals surface area contributed by atoms with Gasteiger partial charge in [0.2, 0.25) is 0 Å². The molecule has 2 heteroatoms. The average Bonchev–Trinajstić information content (AvgIpc) is 1.91. The number of hydrogen-bond acceptors (Lipinski definition) is 2. The fourth-order valence-corrected chi connectivity index (χ4v) is 1.38. The molecule has 0 amide bonds. The maximum atomic E-state index is 4.75. The molecule has 0 saturated carbocycles. The summed E-state index contributed by atoms with van der Waals surface area (Å²) in [6.07, 6.45) is 0. The third kappa shape index (κ3) is 2.33. The first-order chi connectivity index (χ1) is 4.43. The van der Waals surface area contributed by atoms with E-state index in [1.54, 1.807) is 0 Å². The first kappa shape index (κ1) is 7.03. The summed E-state index contributed by atoms with van der Waals surface area (Å²) in [7, 11) is 1.44. The molecule has 0 aliphatic heterocycles. The Bertz CT molecular complexity index is 160. The molecule has 0 spiro atoms. The van der Waals surface area contributed by atoms with E-state index in [-0.39, 0.29) is 0 Å². The lowest BCUT2D eigenvalue weighted by Crippen LogP contribution is -1.74. The van der Waals surface area contributed by atoms with Crippen LogP contribution in [0.2, 0.25) is 0 Å². The van der Waals surface area contributed by atoms with E-state index in [4.69, 9.17) is 11.7 Å². The summed E-state index contributed by atoms with van der Waals surface area (Å²) in [6, 6.07) is 10.2. The van der Waals surface area contributed by atoms with Crippen molar-refractivity contribution >= 4 is 22.5 Å². The molecule has 0 fully saturated rings. The summed E-state index contributed by atoms with van der Waals surface area (Å²) in [5.74, 6) is 0.941. The monoisotopic (exact) mass is 155 g/mol. The molecule has 9 heavy (non-hydrogen) atoms. The quantitative estimate of drug-likeness (QED) is 0.475. The molecule has 0 nitrogen and oxygen atoms in total. The minimum atomic E-state index is 0.941. The van der Waals surface area contributed by atoms with Gasteiger partial charge in [-0.1, -0.05) is 30.3 Å². The van der Waals surface area contributed by atoms with Crippen LogP contribution >= 0.6 is 10.8 Å². The molecule has 0 aliphatic rings. The van der Waals surface area contributed by atoms with E-state index in [2.05, 4.69) is 12.1 Å². The van der Waals surface area contributed by atoms with Gasteiger partial charge in [0.1, 0.15) is 0 Å². The normalized spacial score (nSPS) is 9.44. The predicted octanol–water partition coefficient (Wildman–Crippen LogP) is 2.38. The van der Waals surface area contributed by atoms with Gasteiger partial charge in [0.05, 0.1) is 0 Å². The molecule has 0 radical (unpaired) electrons. The Morgan fingerprint density at radius 1 is 1.22 bits per heavy atom. The van der Waals surface area contributed by atoms with Crippen molar-refractivity contribution in [2.24, 2.45) is 0 Å². The third-order valence-corrected chi connectivity index (χ3v) is 1.87. The van der Waals surface area contributed by atoms with Gasteiger partial charge in [-0.3, -0.25) is 0 Å². The molecular formula is C7H7S2-. The van der Waals surface area contributed by atoms with Gasteiger partial charge in [-0.25, -0.2) is 0 Å². The van der Waals surface area contributed by atoms with Crippen molar-refractivity contribution in [2.45, 2.75) is 5.75 Å². The fraction of sp³-hybridized carbons (Fsp3) is 0.143. The van der Waals surface area contributed by atoms with Crippen LogP contribution in [0, 0.1) is 0 Å². The highest BCUT2D eigenvalue weighted by Gasteiger charge is 1.81. The van der Waals surface area contributed by atoms with Crippen LogP contribution in [0.15, 0.2) is 30.3 Å². The van der Waals surface area contributed by atoms with Crippen LogP contribution in [0.4, 0.5) is 0 Å². The van der Waals surface area contributed by atoms with Crippen molar-refractivity contribution in [3.05, 3.63) is 35.9 Å². The zero-order chi connectivity index (χ0) is 6.53. The van der Waals surface area contributed by atoms with Crippen molar-refractivity contribution < 1.29 is 0 Å². The van der Waals surface area contributed by atoms with Crippen molar-refractivity contribution in [2.75, 3.05) is 0 Å². The standard InChI is InChI=1S/C7H8S2/c8-9-6-7-4-2-1-3-5-7/h1-5,8H,6H2/p-1. The van der Waals surface area contributed by atoms with Crippen molar-refractivity contribution in [1.29, 1.82) is 0 Å². The van der Waals surface area contributed by atoms with Crippen LogP contribution in [0.5, 0.6) is 0 Å². The molecule has 0 aromatic heterocycles. The van der Waals surface area contributed by atoms with Crippen molar-refractivity contribution in [1.82, 2.24) is 0 Å². The molecular weight excluding hydrogens is 148 g/mol. The van der Waals surface area contributed by atoms with Crippen LogP contribution < -0.4 is 0 Å². The van der Waals surface area contributed by atoms with Crippen molar-refractivity contribution in [3.8, 4) is 0 Å². The zero-order valence-electron chi connectivity index (χ0n) is 4.91. The average molecular weight is 155 g/mol. The number of hydrogen-bond donors (Lipinski definition) is 0. The second-order valence-corrected chi connectivity index (χ2v) is 2.98. The van der Waals surface area contributed by atoms with E-state index in [0.717, 1.165) is 5.75 Å². The van der Waals surface area contributed by atoms with Crippen LogP contribution in [0.1, 0.15) is 5.56 Å². The summed E-state index contributed by atoms with van der Waals surface area (Å²) < 4.78 is 0. The number of rotatable bonds is 2. The summed E-state index contributed by atoms with van der Waals surface area (Å²) in [6.45, 7) is 0. The van der Waals surface area contributed by atoms with Gasteiger partial charge in [-0.15, -0.1) is 0 Å². The van der Waals surface area contributed by atoms with Crippen LogP contribution in [0.3, 0.4) is 0 Å². The van der Waals surface area contributed by atoms with Crippen LogP contribution in [-0.2, 0) is 17.4 Å². The molecule has 0 N–H and O–H groups in total. The summed E-state index contributed by atoms with van der Waals surface area (Å²) in [5, 5.41) is 0. The minimum Gasteiger partial charge on any atom is -0.719 e. The Morgan fingerprint density at radius 3 is 2.44 bits per heavy atom. The first-order valence-electron chi connectivity index (χ1n) is 2.72. The van der Waals surface area contributed by atoms with Crippen molar-refractivity contribution in [3.63, 3.8) is 0 Å². The Hall–Kier alpha value is -0.0800. The SMILES string of the molecule is [S-]SCc1ccccc1. The van der Waals surface area contributed by atoms with Crippen LogP contribution in [-0.4, -0.2) is 0 Å². The Kier molecular flexibility index (Phi) is 3.01. The van der Waals surface area contributed by atoms with Gasteiger partial charge in [-0.05, 0) is 11.3 Å². The fourth-order valence-electron chi connectivity index (χ4n) is 0.642. The smallest absolute Gasteiger partial charge is 0.00532 e. The lowest BCUT2D eigenvalue weighted by atomic mass is 10.2. The molecule has 0 heterocycles. The Balaban J connectivity index is 2.61. The van der Waals surface area contributed by atoms with Gasteiger partial charge in [0.15, 0.2) is 0 Å². The summed E-state index contributed by atoms with van der Waals surface area (Å²) in [4.78, 5) is 0. The second-order valence-electron chi connectivity index (χ2n) is 1.75. The summed E-state index contributed by atoms with van der Waals surface area (Å²) >= 11 is 4.75. The molecule has 0 saturated heterocycles. The molecule has 0 atom stereocenters. The Morgan fingerprint density at radius 2 is 1.89 bits per heavy atom. The topological polar surface area (TPSA) is 0 Å². The van der Waals surface area contributed by atoms with E-state index in [0.29, 0.717) is 0 Å². The van der Waals surface area contributed by atoms with Gasteiger partial charge in [-0.2, -0.15) is 0 Å².